The summed E-state index contributed by atoms with van der Waals surface area (Å²) < 4.78 is 15.5. The fraction of sp³-hybridized carbons (Fsp3) is 0.150. The zero-order chi connectivity index (χ0) is 20.8. The van der Waals surface area contributed by atoms with E-state index in [-0.39, 0.29) is 11.6 Å². The number of ether oxygens (including phenoxy) is 3. The molecule has 0 radical (unpaired) electrons. The lowest BCUT2D eigenvalue weighted by Gasteiger charge is -2.10. The molecule has 0 unspecified atom stereocenters. The molecule has 150 valence electrons. The molecule has 0 atom stereocenters. The maximum atomic E-state index is 12.5. The summed E-state index contributed by atoms with van der Waals surface area (Å²) >= 11 is 1.15. The summed E-state index contributed by atoms with van der Waals surface area (Å²) in [6, 6.07) is 11.7. The predicted molar refractivity (Wildman–Crippen MR) is 111 cm³/mol. The van der Waals surface area contributed by atoms with Gasteiger partial charge in [-0.3, -0.25) is 14.9 Å². The summed E-state index contributed by atoms with van der Waals surface area (Å²) in [5.74, 6) is 0.957. The van der Waals surface area contributed by atoms with Gasteiger partial charge in [-0.25, -0.2) is 4.98 Å². The summed E-state index contributed by atoms with van der Waals surface area (Å²) in [5.41, 5.74) is 1.08. The molecule has 2 N–H and O–H groups in total. The molecule has 0 saturated heterocycles. The number of hydrogen-bond acceptors (Lipinski definition) is 7. The van der Waals surface area contributed by atoms with Crippen LogP contribution in [0.25, 0.3) is 0 Å². The van der Waals surface area contributed by atoms with Crippen LogP contribution in [-0.2, 0) is 0 Å². The van der Waals surface area contributed by atoms with Gasteiger partial charge in [0.1, 0.15) is 22.9 Å². The number of carbonyl (C=O) groups is 2. The average molecular weight is 413 g/mol. The normalized spacial score (nSPS) is 10.2. The van der Waals surface area contributed by atoms with E-state index in [1.165, 1.54) is 14.2 Å². The first-order chi connectivity index (χ1) is 14.0. The Kier molecular flexibility index (Phi) is 6.30. The second-order valence-electron chi connectivity index (χ2n) is 5.74. The van der Waals surface area contributed by atoms with Crippen LogP contribution in [-0.4, -0.2) is 38.1 Å². The van der Waals surface area contributed by atoms with Crippen molar-refractivity contribution in [3.63, 3.8) is 0 Å². The van der Waals surface area contributed by atoms with Gasteiger partial charge in [-0.2, -0.15) is 0 Å². The van der Waals surface area contributed by atoms with Crippen molar-refractivity contribution >= 4 is 34.0 Å². The Morgan fingerprint density at radius 2 is 1.55 bits per heavy atom. The van der Waals surface area contributed by atoms with Crippen molar-refractivity contribution in [1.82, 2.24) is 4.98 Å². The monoisotopic (exact) mass is 413 g/mol. The first kappa shape index (κ1) is 20.2. The minimum Gasteiger partial charge on any atom is -0.497 e. The molecular formula is C20H19N3O5S. The lowest BCUT2D eigenvalue weighted by molar-refractivity contribution is 0.101. The zero-order valence-corrected chi connectivity index (χ0v) is 16.8. The molecule has 0 aliphatic heterocycles. The molecule has 3 aromatic rings. The Morgan fingerprint density at radius 3 is 2.21 bits per heavy atom. The van der Waals surface area contributed by atoms with Crippen LogP contribution in [0.1, 0.15) is 20.8 Å². The molecule has 1 aromatic heterocycles. The molecule has 0 aliphatic carbocycles. The van der Waals surface area contributed by atoms with E-state index < -0.39 is 5.91 Å². The first-order valence-corrected chi connectivity index (χ1v) is 9.36. The molecule has 0 spiro atoms. The zero-order valence-electron chi connectivity index (χ0n) is 16.0. The number of methoxy groups -OCH3 is 3. The third-order valence-corrected chi connectivity index (χ3v) is 4.72. The Balaban J connectivity index is 1.69. The molecule has 0 aliphatic rings. The highest BCUT2D eigenvalue weighted by molar-refractivity contribution is 7.14. The van der Waals surface area contributed by atoms with Crippen LogP contribution in [0.3, 0.4) is 0 Å². The Morgan fingerprint density at radius 1 is 0.862 bits per heavy atom. The van der Waals surface area contributed by atoms with E-state index in [0.717, 1.165) is 11.3 Å². The summed E-state index contributed by atoms with van der Waals surface area (Å²) in [6.45, 7) is 0. The van der Waals surface area contributed by atoms with Crippen LogP contribution >= 0.6 is 11.3 Å². The van der Waals surface area contributed by atoms with E-state index >= 15 is 0 Å². The van der Waals surface area contributed by atoms with Crippen molar-refractivity contribution in [2.75, 3.05) is 32.0 Å². The molecule has 0 saturated carbocycles. The van der Waals surface area contributed by atoms with Crippen LogP contribution < -0.4 is 24.8 Å². The molecule has 8 nitrogen and oxygen atoms in total. The van der Waals surface area contributed by atoms with Gasteiger partial charge in [0.25, 0.3) is 11.8 Å². The number of anilines is 2. The first-order valence-electron chi connectivity index (χ1n) is 8.48. The topological polar surface area (TPSA) is 98.8 Å². The van der Waals surface area contributed by atoms with Gasteiger partial charge in [0, 0.05) is 17.0 Å². The lowest BCUT2D eigenvalue weighted by Crippen LogP contribution is -2.14. The van der Waals surface area contributed by atoms with Crippen LogP contribution in [0.15, 0.2) is 47.8 Å². The van der Waals surface area contributed by atoms with E-state index in [2.05, 4.69) is 15.6 Å². The number of hydrogen-bond donors (Lipinski definition) is 2. The molecular weight excluding hydrogens is 394 g/mol. The summed E-state index contributed by atoms with van der Waals surface area (Å²) in [7, 11) is 4.59. The fourth-order valence-corrected chi connectivity index (χ4v) is 3.13. The summed E-state index contributed by atoms with van der Waals surface area (Å²) in [6.07, 6.45) is 0. The van der Waals surface area contributed by atoms with Gasteiger partial charge in [0.05, 0.1) is 27.0 Å². The smallest absolute Gasteiger partial charge is 0.275 e. The van der Waals surface area contributed by atoms with Crippen molar-refractivity contribution in [1.29, 1.82) is 0 Å². The van der Waals surface area contributed by atoms with Crippen molar-refractivity contribution < 1.29 is 23.8 Å². The highest BCUT2D eigenvalue weighted by Crippen LogP contribution is 2.29. The Hall–Kier alpha value is -3.59. The number of benzene rings is 2. The second kappa shape index (κ2) is 9.07. The van der Waals surface area contributed by atoms with Gasteiger partial charge in [-0.05, 0) is 36.4 Å². The van der Waals surface area contributed by atoms with Crippen molar-refractivity contribution in [3.05, 3.63) is 59.1 Å². The highest BCUT2D eigenvalue weighted by Gasteiger charge is 2.16. The minimum atomic E-state index is -0.433. The van der Waals surface area contributed by atoms with Gasteiger partial charge >= 0.3 is 0 Å². The molecule has 0 bridgehead atoms. The Labute approximate surface area is 171 Å². The van der Waals surface area contributed by atoms with E-state index in [1.54, 1.807) is 55.0 Å². The van der Waals surface area contributed by atoms with Gasteiger partial charge in [-0.15, -0.1) is 11.3 Å². The van der Waals surface area contributed by atoms with Crippen molar-refractivity contribution in [3.8, 4) is 17.2 Å². The van der Waals surface area contributed by atoms with Crippen molar-refractivity contribution in [2.45, 2.75) is 0 Å². The van der Waals surface area contributed by atoms with Gasteiger partial charge in [0.15, 0.2) is 5.13 Å². The summed E-state index contributed by atoms with van der Waals surface area (Å²) in [5, 5.41) is 7.29. The minimum absolute atomic E-state index is 0.171. The molecule has 2 aromatic carbocycles. The molecule has 0 fully saturated rings. The van der Waals surface area contributed by atoms with E-state index in [4.69, 9.17) is 14.2 Å². The maximum Gasteiger partial charge on any atom is 0.275 e. The lowest BCUT2D eigenvalue weighted by atomic mass is 10.2. The SMILES string of the molecule is COc1ccc(C(=O)Nc2nc(C(=O)Nc3cc(OC)ccc3OC)cs2)cc1. The Bertz CT molecular complexity index is 1020. The summed E-state index contributed by atoms with van der Waals surface area (Å²) in [4.78, 5) is 29.0. The molecule has 29 heavy (non-hydrogen) atoms. The standard InChI is InChI=1S/C20H19N3O5S/c1-26-13-6-4-12(5-7-13)18(24)23-20-22-16(11-29-20)19(25)21-15-10-14(27-2)8-9-17(15)28-3/h4-11H,1-3H3,(H,21,25)(H,22,23,24). The van der Waals surface area contributed by atoms with E-state index in [9.17, 15) is 9.59 Å². The van der Waals surface area contributed by atoms with Gasteiger partial charge < -0.3 is 19.5 Å². The molecule has 2 amide bonds. The third-order valence-electron chi connectivity index (χ3n) is 3.96. The van der Waals surface area contributed by atoms with E-state index in [0.29, 0.717) is 33.6 Å². The molecule has 9 heteroatoms. The number of nitrogens with zero attached hydrogens (tertiary/aromatic N) is 1. The predicted octanol–water partition coefficient (Wildman–Crippen LogP) is 3.67. The number of carbonyl (C=O) groups excluding carboxylic acids is 2. The number of rotatable bonds is 7. The van der Waals surface area contributed by atoms with Crippen LogP contribution in [0, 0.1) is 0 Å². The van der Waals surface area contributed by atoms with Crippen LogP contribution in [0.2, 0.25) is 0 Å². The largest absolute Gasteiger partial charge is 0.497 e. The van der Waals surface area contributed by atoms with Gasteiger partial charge in [-0.1, -0.05) is 0 Å². The fourth-order valence-electron chi connectivity index (χ4n) is 2.45. The van der Waals surface area contributed by atoms with Crippen LogP contribution in [0.5, 0.6) is 17.2 Å². The third kappa shape index (κ3) is 4.82. The number of nitrogens with one attached hydrogen (secondary N) is 2. The van der Waals surface area contributed by atoms with Gasteiger partial charge in [0.2, 0.25) is 0 Å². The quantitative estimate of drug-likeness (QED) is 0.613. The number of aromatic nitrogens is 1. The maximum absolute atomic E-state index is 12.5. The van der Waals surface area contributed by atoms with E-state index in [1.807, 2.05) is 0 Å². The molecule has 3 rings (SSSR count). The number of thiazole rings is 1. The van der Waals surface area contributed by atoms with Crippen molar-refractivity contribution in [2.24, 2.45) is 0 Å². The van der Waals surface area contributed by atoms with Crippen LogP contribution in [0.4, 0.5) is 10.8 Å². The second-order valence-corrected chi connectivity index (χ2v) is 6.60. The number of amides is 2. The average Bonchev–Trinajstić information content (AvgIpc) is 3.22. The molecule has 1 heterocycles. The highest BCUT2D eigenvalue weighted by atomic mass is 32.1.